The zero-order chi connectivity index (χ0) is 13.9. The molecule has 0 aromatic carbocycles. The summed E-state index contributed by atoms with van der Waals surface area (Å²) >= 11 is 2.16. The van der Waals surface area contributed by atoms with Gasteiger partial charge in [0.15, 0.2) is 0 Å². The highest BCUT2D eigenvalue weighted by Gasteiger charge is 2.33. The third kappa shape index (κ3) is 4.95. The Morgan fingerprint density at radius 3 is 2.74 bits per heavy atom. The molecule has 2 aliphatic heterocycles. The summed E-state index contributed by atoms with van der Waals surface area (Å²) in [6, 6.07) is 1.53. The van der Waals surface area contributed by atoms with Gasteiger partial charge in [0.1, 0.15) is 0 Å². The fourth-order valence-electron chi connectivity index (χ4n) is 3.50. The molecule has 3 heteroatoms. The SMILES string of the molecule is CC(C)CN(CC1CCCN1)C1CSCC(C)(C)C1. The second-order valence-corrected chi connectivity index (χ2v) is 8.71. The lowest BCUT2D eigenvalue weighted by Crippen LogP contribution is -2.49. The maximum Gasteiger partial charge on any atom is 0.0195 e. The van der Waals surface area contributed by atoms with Crippen molar-refractivity contribution in [3.8, 4) is 0 Å². The molecule has 2 nitrogen and oxygen atoms in total. The van der Waals surface area contributed by atoms with Crippen LogP contribution in [0.1, 0.15) is 47.0 Å². The van der Waals surface area contributed by atoms with Gasteiger partial charge in [0, 0.05) is 30.9 Å². The fourth-order valence-corrected chi connectivity index (χ4v) is 4.89. The summed E-state index contributed by atoms with van der Waals surface area (Å²) in [5.74, 6) is 3.44. The molecule has 0 bridgehead atoms. The van der Waals surface area contributed by atoms with Crippen molar-refractivity contribution in [2.75, 3.05) is 31.1 Å². The molecule has 2 rings (SSSR count). The van der Waals surface area contributed by atoms with E-state index < -0.39 is 0 Å². The first-order chi connectivity index (χ1) is 8.96. The molecule has 2 unspecified atom stereocenters. The Bertz CT molecular complexity index is 272. The Morgan fingerprint density at radius 2 is 2.16 bits per heavy atom. The van der Waals surface area contributed by atoms with E-state index >= 15 is 0 Å². The highest BCUT2D eigenvalue weighted by atomic mass is 32.2. The van der Waals surface area contributed by atoms with E-state index in [1.165, 1.54) is 50.4 Å². The lowest BCUT2D eigenvalue weighted by Gasteiger charge is -2.42. The molecule has 19 heavy (non-hydrogen) atoms. The molecule has 0 spiro atoms. The predicted octanol–water partition coefficient (Wildman–Crippen LogP) is 3.23. The number of thioether (sulfide) groups is 1. The van der Waals surface area contributed by atoms with E-state index in [4.69, 9.17) is 0 Å². The highest BCUT2D eigenvalue weighted by molar-refractivity contribution is 7.99. The molecular weight excluding hydrogens is 252 g/mol. The monoisotopic (exact) mass is 284 g/mol. The van der Waals surface area contributed by atoms with E-state index in [9.17, 15) is 0 Å². The van der Waals surface area contributed by atoms with Gasteiger partial charge in [-0.15, -0.1) is 0 Å². The summed E-state index contributed by atoms with van der Waals surface area (Å²) in [4.78, 5) is 2.79. The van der Waals surface area contributed by atoms with Crippen LogP contribution in [0.15, 0.2) is 0 Å². The molecule has 2 saturated heterocycles. The van der Waals surface area contributed by atoms with Gasteiger partial charge < -0.3 is 5.32 Å². The standard InChI is InChI=1S/C16H32N2S/c1-13(2)9-18(10-14-6-5-7-17-14)15-8-16(3,4)12-19-11-15/h13-15,17H,5-12H2,1-4H3. The van der Waals surface area contributed by atoms with E-state index in [1.807, 2.05) is 0 Å². The van der Waals surface area contributed by atoms with Gasteiger partial charge in [0.2, 0.25) is 0 Å². The highest BCUT2D eigenvalue weighted by Crippen LogP contribution is 2.36. The number of nitrogens with one attached hydrogen (secondary N) is 1. The smallest absolute Gasteiger partial charge is 0.0195 e. The first kappa shape index (κ1) is 15.7. The van der Waals surface area contributed by atoms with Crippen LogP contribution in [0.4, 0.5) is 0 Å². The molecule has 0 saturated carbocycles. The molecule has 0 aromatic heterocycles. The number of nitrogens with zero attached hydrogens (tertiary/aromatic N) is 1. The molecule has 2 fully saturated rings. The Labute approximate surface area is 124 Å². The first-order valence-corrected chi connectivity index (χ1v) is 9.17. The van der Waals surface area contributed by atoms with Crippen LogP contribution in [0.5, 0.6) is 0 Å². The van der Waals surface area contributed by atoms with Crippen molar-refractivity contribution >= 4 is 11.8 Å². The van der Waals surface area contributed by atoms with Crippen LogP contribution < -0.4 is 5.32 Å². The fraction of sp³-hybridized carbons (Fsp3) is 1.00. The number of hydrogen-bond acceptors (Lipinski definition) is 3. The van der Waals surface area contributed by atoms with Crippen molar-refractivity contribution in [1.29, 1.82) is 0 Å². The molecule has 0 aromatic rings. The predicted molar refractivity (Wildman–Crippen MR) is 86.9 cm³/mol. The summed E-state index contributed by atoms with van der Waals surface area (Å²) < 4.78 is 0. The van der Waals surface area contributed by atoms with Gasteiger partial charge in [0.25, 0.3) is 0 Å². The van der Waals surface area contributed by atoms with Gasteiger partial charge in [-0.3, -0.25) is 4.90 Å². The van der Waals surface area contributed by atoms with Crippen LogP contribution in [0.3, 0.4) is 0 Å². The quantitative estimate of drug-likeness (QED) is 0.834. The Morgan fingerprint density at radius 1 is 1.37 bits per heavy atom. The molecule has 112 valence electrons. The van der Waals surface area contributed by atoms with Gasteiger partial charge in [-0.25, -0.2) is 0 Å². The topological polar surface area (TPSA) is 15.3 Å². The van der Waals surface area contributed by atoms with E-state index in [1.54, 1.807) is 0 Å². The minimum absolute atomic E-state index is 0.520. The van der Waals surface area contributed by atoms with Gasteiger partial charge >= 0.3 is 0 Å². The Balaban J connectivity index is 1.95. The molecule has 2 aliphatic rings. The van der Waals surface area contributed by atoms with Crippen molar-refractivity contribution in [2.24, 2.45) is 11.3 Å². The maximum absolute atomic E-state index is 3.67. The van der Waals surface area contributed by atoms with Gasteiger partial charge in [-0.05, 0) is 42.9 Å². The van der Waals surface area contributed by atoms with Gasteiger partial charge in [0.05, 0.1) is 0 Å². The second-order valence-electron chi connectivity index (χ2n) is 7.68. The molecule has 2 heterocycles. The molecule has 2 atom stereocenters. The zero-order valence-electron chi connectivity index (χ0n) is 13.2. The van der Waals surface area contributed by atoms with Crippen LogP contribution in [0, 0.1) is 11.3 Å². The third-order valence-corrected chi connectivity index (χ3v) is 5.93. The molecular formula is C16H32N2S. The largest absolute Gasteiger partial charge is 0.313 e. The number of hydrogen-bond donors (Lipinski definition) is 1. The minimum atomic E-state index is 0.520. The minimum Gasteiger partial charge on any atom is -0.313 e. The van der Waals surface area contributed by atoms with E-state index in [0.29, 0.717) is 5.41 Å². The Kier molecular flexibility index (Phi) is 5.62. The number of rotatable bonds is 5. The van der Waals surface area contributed by atoms with Crippen LogP contribution >= 0.6 is 11.8 Å². The molecule has 1 N–H and O–H groups in total. The van der Waals surface area contributed by atoms with Crippen molar-refractivity contribution < 1.29 is 0 Å². The van der Waals surface area contributed by atoms with E-state index in [2.05, 4.69) is 49.7 Å². The van der Waals surface area contributed by atoms with E-state index in [-0.39, 0.29) is 0 Å². The summed E-state index contributed by atoms with van der Waals surface area (Å²) in [7, 11) is 0. The average molecular weight is 285 g/mol. The van der Waals surface area contributed by atoms with Gasteiger partial charge in [-0.1, -0.05) is 27.7 Å². The Hall–Kier alpha value is 0.270. The normalized spacial score (nSPS) is 31.3. The van der Waals surface area contributed by atoms with Crippen molar-refractivity contribution in [1.82, 2.24) is 10.2 Å². The molecule has 0 amide bonds. The van der Waals surface area contributed by atoms with Crippen LogP contribution in [-0.2, 0) is 0 Å². The van der Waals surface area contributed by atoms with Crippen molar-refractivity contribution in [3.63, 3.8) is 0 Å². The summed E-state index contributed by atoms with van der Waals surface area (Å²) in [6.45, 7) is 13.3. The van der Waals surface area contributed by atoms with Gasteiger partial charge in [-0.2, -0.15) is 11.8 Å². The van der Waals surface area contributed by atoms with Crippen molar-refractivity contribution in [2.45, 2.75) is 59.0 Å². The van der Waals surface area contributed by atoms with Crippen molar-refractivity contribution in [3.05, 3.63) is 0 Å². The maximum atomic E-state index is 3.67. The summed E-state index contributed by atoms with van der Waals surface area (Å²) in [6.07, 6.45) is 4.11. The average Bonchev–Trinajstić information content (AvgIpc) is 2.79. The molecule has 0 radical (unpaired) electrons. The molecule has 0 aliphatic carbocycles. The lowest BCUT2D eigenvalue weighted by molar-refractivity contribution is 0.133. The third-order valence-electron chi connectivity index (χ3n) is 4.32. The zero-order valence-corrected chi connectivity index (χ0v) is 14.1. The second kappa shape index (κ2) is 6.82. The summed E-state index contributed by atoms with van der Waals surface area (Å²) in [5, 5.41) is 3.67. The van der Waals surface area contributed by atoms with Crippen LogP contribution in [0.2, 0.25) is 0 Å². The van der Waals surface area contributed by atoms with E-state index in [0.717, 1.165) is 18.0 Å². The van der Waals surface area contributed by atoms with Crippen LogP contribution in [0.25, 0.3) is 0 Å². The van der Waals surface area contributed by atoms with Crippen LogP contribution in [-0.4, -0.2) is 48.1 Å². The lowest BCUT2D eigenvalue weighted by atomic mass is 9.87. The summed E-state index contributed by atoms with van der Waals surface area (Å²) in [5.41, 5.74) is 0.520. The first-order valence-electron chi connectivity index (χ1n) is 8.01.